The van der Waals surface area contributed by atoms with E-state index in [1.165, 1.54) is 6.07 Å². The molecule has 6 heteroatoms. The van der Waals surface area contributed by atoms with Crippen molar-refractivity contribution in [3.8, 4) is 17.1 Å². The second-order valence-electron chi connectivity index (χ2n) is 6.83. The van der Waals surface area contributed by atoms with E-state index in [1.807, 2.05) is 24.3 Å². The fourth-order valence-corrected chi connectivity index (χ4v) is 3.36. The first-order valence-electron chi connectivity index (χ1n) is 9.10. The highest BCUT2D eigenvalue weighted by Crippen LogP contribution is 2.34. The molecule has 0 bridgehead atoms. The molecule has 1 aromatic heterocycles. The molecule has 1 saturated carbocycles. The van der Waals surface area contributed by atoms with Crippen LogP contribution in [0.3, 0.4) is 0 Å². The molecule has 0 unspecified atom stereocenters. The van der Waals surface area contributed by atoms with Gasteiger partial charge in [-0.25, -0.2) is 0 Å². The summed E-state index contributed by atoms with van der Waals surface area (Å²) in [5, 5.41) is 0.859. The molecule has 2 atom stereocenters. The smallest absolute Gasteiger partial charge is 0.193 e. The molecule has 28 heavy (non-hydrogen) atoms. The molecule has 0 N–H and O–H groups in total. The standard InChI is InChI=1S/C22H19ClO5/c1-13(24)17-11-21(17)27-10-9-26-15-7-5-14(6-8-15)20-12-19(25)16-3-2-4-18(23)22(16)28-20/h2-8,12,17,21H,9-11H2,1H3/t17-,21-/m1/s1. The van der Waals surface area contributed by atoms with Crippen LogP contribution in [0.15, 0.2) is 57.7 Å². The molecule has 1 aliphatic rings. The fourth-order valence-electron chi connectivity index (χ4n) is 3.14. The number of halogens is 1. The van der Waals surface area contributed by atoms with Crippen LogP contribution in [0, 0.1) is 5.92 Å². The molecule has 1 fully saturated rings. The molecule has 0 amide bonds. The van der Waals surface area contributed by atoms with E-state index in [0.717, 1.165) is 12.0 Å². The van der Waals surface area contributed by atoms with Gasteiger partial charge in [-0.05, 0) is 49.7 Å². The van der Waals surface area contributed by atoms with Crippen LogP contribution < -0.4 is 10.2 Å². The van der Waals surface area contributed by atoms with Gasteiger partial charge in [0.15, 0.2) is 11.0 Å². The Morgan fingerprint density at radius 3 is 2.68 bits per heavy atom. The van der Waals surface area contributed by atoms with E-state index in [9.17, 15) is 9.59 Å². The molecule has 0 radical (unpaired) electrons. The van der Waals surface area contributed by atoms with Crippen molar-refractivity contribution < 1.29 is 18.7 Å². The molecule has 1 heterocycles. The predicted octanol–water partition coefficient (Wildman–Crippen LogP) is 4.49. The third-order valence-electron chi connectivity index (χ3n) is 4.78. The van der Waals surface area contributed by atoms with Crippen molar-refractivity contribution in [3.05, 3.63) is 63.8 Å². The monoisotopic (exact) mass is 398 g/mol. The van der Waals surface area contributed by atoms with Gasteiger partial charge in [0.05, 0.1) is 23.1 Å². The number of hydrogen-bond donors (Lipinski definition) is 0. The number of carbonyl (C=O) groups excluding carboxylic acids is 1. The van der Waals surface area contributed by atoms with Gasteiger partial charge in [-0.1, -0.05) is 17.7 Å². The lowest BCUT2D eigenvalue weighted by atomic mass is 10.1. The number of carbonyl (C=O) groups is 1. The van der Waals surface area contributed by atoms with E-state index in [4.69, 9.17) is 25.5 Å². The number of para-hydroxylation sites is 1. The van der Waals surface area contributed by atoms with E-state index < -0.39 is 0 Å². The van der Waals surface area contributed by atoms with E-state index in [-0.39, 0.29) is 23.2 Å². The van der Waals surface area contributed by atoms with Crippen molar-refractivity contribution in [2.24, 2.45) is 5.92 Å². The number of benzene rings is 2. The zero-order valence-electron chi connectivity index (χ0n) is 15.3. The Hall–Kier alpha value is -2.63. The van der Waals surface area contributed by atoms with Gasteiger partial charge in [0.1, 0.15) is 23.9 Å². The lowest BCUT2D eigenvalue weighted by Crippen LogP contribution is -2.10. The van der Waals surface area contributed by atoms with E-state index in [0.29, 0.717) is 40.7 Å². The number of ether oxygens (including phenoxy) is 2. The average molecular weight is 399 g/mol. The zero-order valence-corrected chi connectivity index (χ0v) is 16.1. The van der Waals surface area contributed by atoms with Crippen LogP contribution in [0.5, 0.6) is 5.75 Å². The first-order valence-corrected chi connectivity index (χ1v) is 9.48. The van der Waals surface area contributed by atoms with Crippen LogP contribution in [0.4, 0.5) is 0 Å². The molecule has 1 aliphatic carbocycles. The minimum Gasteiger partial charge on any atom is -0.491 e. The summed E-state index contributed by atoms with van der Waals surface area (Å²) in [5.41, 5.74) is 0.998. The summed E-state index contributed by atoms with van der Waals surface area (Å²) in [4.78, 5) is 23.5. The molecular weight excluding hydrogens is 380 g/mol. The summed E-state index contributed by atoms with van der Waals surface area (Å²) < 4.78 is 17.1. The lowest BCUT2D eigenvalue weighted by Gasteiger charge is -2.08. The largest absolute Gasteiger partial charge is 0.491 e. The summed E-state index contributed by atoms with van der Waals surface area (Å²) in [7, 11) is 0. The molecule has 2 aromatic carbocycles. The van der Waals surface area contributed by atoms with Crippen LogP contribution in [0.25, 0.3) is 22.3 Å². The van der Waals surface area contributed by atoms with Gasteiger partial charge in [-0.15, -0.1) is 0 Å². The summed E-state index contributed by atoms with van der Waals surface area (Å²) in [5.74, 6) is 1.38. The van der Waals surface area contributed by atoms with Gasteiger partial charge in [-0.2, -0.15) is 0 Å². The fraction of sp³-hybridized carbons (Fsp3) is 0.273. The number of Topliss-reactive ketones (excluding diaryl/α,β-unsaturated/α-hetero) is 1. The molecule has 0 saturated heterocycles. The number of rotatable bonds is 7. The SMILES string of the molecule is CC(=O)[C@H]1C[C@H]1OCCOc1ccc(-c2cc(=O)c3cccc(Cl)c3o2)cc1. The van der Waals surface area contributed by atoms with Gasteiger partial charge < -0.3 is 13.9 Å². The van der Waals surface area contributed by atoms with Gasteiger partial charge in [0.25, 0.3) is 0 Å². The number of hydrogen-bond acceptors (Lipinski definition) is 5. The van der Waals surface area contributed by atoms with Crippen molar-refractivity contribution in [2.45, 2.75) is 19.4 Å². The Balaban J connectivity index is 1.39. The molecule has 144 valence electrons. The Morgan fingerprint density at radius 2 is 1.96 bits per heavy atom. The summed E-state index contributed by atoms with van der Waals surface area (Å²) in [6, 6.07) is 13.8. The van der Waals surface area contributed by atoms with Crippen LogP contribution >= 0.6 is 11.6 Å². The Labute approximate surface area is 166 Å². The molecule has 4 rings (SSSR count). The van der Waals surface area contributed by atoms with Crippen molar-refractivity contribution in [1.29, 1.82) is 0 Å². The maximum atomic E-state index is 12.3. The van der Waals surface area contributed by atoms with Gasteiger partial charge >= 0.3 is 0 Å². The third-order valence-corrected chi connectivity index (χ3v) is 5.08. The zero-order chi connectivity index (χ0) is 19.7. The molecular formula is C22H19ClO5. The minimum atomic E-state index is -0.139. The Bertz CT molecular complexity index is 1070. The highest BCUT2D eigenvalue weighted by molar-refractivity contribution is 6.34. The van der Waals surface area contributed by atoms with Crippen LogP contribution in [-0.4, -0.2) is 25.1 Å². The Morgan fingerprint density at radius 1 is 1.18 bits per heavy atom. The number of ketones is 1. The lowest BCUT2D eigenvalue weighted by molar-refractivity contribution is -0.119. The molecule has 0 spiro atoms. The van der Waals surface area contributed by atoms with Crippen molar-refractivity contribution in [1.82, 2.24) is 0 Å². The van der Waals surface area contributed by atoms with E-state index in [1.54, 1.807) is 25.1 Å². The van der Waals surface area contributed by atoms with Gasteiger partial charge in [0.2, 0.25) is 0 Å². The minimum absolute atomic E-state index is 0.0473. The molecule has 3 aromatic rings. The highest BCUT2D eigenvalue weighted by atomic mass is 35.5. The van der Waals surface area contributed by atoms with E-state index in [2.05, 4.69) is 0 Å². The van der Waals surface area contributed by atoms with Crippen LogP contribution in [0.2, 0.25) is 5.02 Å². The first kappa shape index (κ1) is 18.7. The summed E-state index contributed by atoms with van der Waals surface area (Å²) in [6.07, 6.45) is 0.858. The van der Waals surface area contributed by atoms with Crippen molar-refractivity contribution >= 4 is 28.4 Å². The number of fused-ring (bicyclic) bond motifs is 1. The third kappa shape index (κ3) is 3.96. The van der Waals surface area contributed by atoms with Crippen molar-refractivity contribution in [2.75, 3.05) is 13.2 Å². The second-order valence-corrected chi connectivity index (χ2v) is 7.23. The highest BCUT2D eigenvalue weighted by Gasteiger charge is 2.41. The molecule has 5 nitrogen and oxygen atoms in total. The van der Waals surface area contributed by atoms with Crippen molar-refractivity contribution in [3.63, 3.8) is 0 Å². The Kier molecular flexibility index (Phi) is 5.20. The first-order chi connectivity index (χ1) is 13.5. The normalized spacial score (nSPS) is 18.2. The van der Waals surface area contributed by atoms with E-state index >= 15 is 0 Å². The van der Waals surface area contributed by atoms with Gasteiger partial charge in [0, 0.05) is 17.5 Å². The maximum Gasteiger partial charge on any atom is 0.193 e. The molecule has 0 aliphatic heterocycles. The van der Waals surface area contributed by atoms with Crippen LogP contribution in [-0.2, 0) is 9.53 Å². The summed E-state index contributed by atoms with van der Waals surface area (Å²) >= 11 is 6.15. The quantitative estimate of drug-likeness (QED) is 0.549. The van der Waals surface area contributed by atoms with Crippen LogP contribution in [0.1, 0.15) is 13.3 Å². The van der Waals surface area contributed by atoms with Gasteiger partial charge in [-0.3, -0.25) is 9.59 Å². The second kappa shape index (κ2) is 7.78. The topological polar surface area (TPSA) is 65.7 Å². The average Bonchev–Trinajstić information content (AvgIpc) is 3.46. The summed E-state index contributed by atoms with van der Waals surface area (Å²) in [6.45, 7) is 2.44. The predicted molar refractivity (Wildman–Crippen MR) is 107 cm³/mol. The maximum absolute atomic E-state index is 12.3.